The Bertz CT molecular complexity index is 933. The summed E-state index contributed by atoms with van der Waals surface area (Å²) in [6.07, 6.45) is -0.250. The number of amides is 1. The first-order valence-electron chi connectivity index (χ1n) is 8.90. The molecule has 1 amide bonds. The van der Waals surface area contributed by atoms with Crippen molar-refractivity contribution >= 4 is 39.3 Å². The van der Waals surface area contributed by atoms with Crippen LogP contribution in [0.15, 0.2) is 64.2 Å². The number of thioether (sulfide) groups is 1. The number of hydrogen-bond acceptors (Lipinski definition) is 5. The lowest BCUT2D eigenvalue weighted by molar-refractivity contribution is -0.113. The summed E-state index contributed by atoms with van der Waals surface area (Å²) < 4.78 is 8.85. The van der Waals surface area contributed by atoms with Gasteiger partial charge in [-0.15, -0.1) is 10.2 Å². The summed E-state index contributed by atoms with van der Waals surface area (Å²) in [5.41, 5.74) is 0.752. The summed E-state index contributed by atoms with van der Waals surface area (Å²) in [6, 6.07) is 17.1. The molecule has 0 bridgehead atoms. The lowest BCUT2D eigenvalue weighted by Gasteiger charge is -2.15. The first kappa shape index (κ1) is 20.4. The van der Waals surface area contributed by atoms with Gasteiger partial charge in [-0.25, -0.2) is 0 Å². The highest BCUT2D eigenvalue weighted by atomic mass is 79.9. The number of carbonyl (C=O) groups is 1. The fraction of sp³-hybridized carbons (Fsp3) is 0.250. The van der Waals surface area contributed by atoms with Crippen molar-refractivity contribution < 1.29 is 9.53 Å². The molecule has 0 spiro atoms. The Hall–Kier alpha value is -2.32. The van der Waals surface area contributed by atoms with Gasteiger partial charge in [0.05, 0.1) is 5.75 Å². The molecule has 0 saturated heterocycles. The van der Waals surface area contributed by atoms with Crippen LogP contribution in [0.4, 0.5) is 5.69 Å². The third-order valence-corrected chi connectivity index (χ3v) is 5.38. The van der Waals surface area contributed by atoms with Crippen molar-refractivity contribution in [1.82, 2.24) is 14.8 Å². The Morgan fingerprint density at radius 1 is 1.21 bits per heavy atom. The lowest BCUT2D eigenvalue weighted by Crippen LogP contribution is -2.15. The molecular weight excluding hydrogens is 440 g/mol. The Kier molecular flexibility index (Phi) is 7.11. The van der Waals surface area contributed by atoms with Crippen molar-refractivity contribution in [1.29, 1.82) is 0 Å². The maximum Gasteiger partial charge on any atom is 0.234 e. The van der Waals surface area contributed by atoms with Gasteiger partial charge in [0.15, 0.2) is 17.1 Å². The highest BCUT2D eigenvalue weighted by molar-refractivity contribution is 9.10. The maximum absolute atomic E-state index is 12.2. The van der Waals surface area contributed by atoms with Crippen molar-refractivity contribution in [3.63, 3.8) is 0 Å². The highest BCUT2D eigenvalue weighted by Gasteiger charge is 2.19. The summed E-state index contributed by atoms with van der Waals surface area (Å²) in [5, 5.41) is 12.1. The number of carbonyl (C=O) groups excluding carboxylic acids is 1. The second-order valence-electron chi connectivity index (χ2n) is 6.01. The van der Waals surface area contributed by atoms with Gasteiger partial charge in [0.25, 0.3) is 0 Å². The second-order valence-corrected chi connectivity index (χ2v) is 7.86. The van der Waals surface area contributed by atoms with Crippen LogP contribution in [0.1, 0.15) is 25.8 Å². The molecule has 6 nitrogen and oxygen atoms in total. The number of nitrogens with one attached hydrogen (secondary N) is 1. The average molecular weight is 461 g/mol. The van der Waals surface area contributed by atoms with Gasteiger partial charge in [0.2, 0.25) is 5.91 Å². The van der Waals surface area contributed by atoms with E-state index in [9.17, 15) is 4.79 Å². The van der Waals surface area contributed by atoms with Crippen LogP contribution in [0, 0.1) is 0 Å². The summed E-state index contributed by atoms with van der Waals surface area (Å²) in [4.78, 5) is 12.2. The van der Waals surface area contributed by atoms with Crippen LogP contribution in [0.3, 0.4) is 0 Å². The first-order valence-corrected chi connectivity index (χ1v) is 10.7. The standard InChI is InChI=1S/C20H21BrN4O2S/c1-3-25-19(14(2)27-17-10-5-4-6-11-17)23-24-20(25)28-13-18(26)22-16-9-7-8-15(21)12-16/h4-12,14H,3,13H2,1-2H3,(H,22,26). The van der Waals surface area contributed by atoms with Crippen molar-refractivity contribution in [2.75, 3.05) is 11.1 Å². The molecule has 0 radical (unpaired) electrons. The van der Waals surface area contributed by atoms with Crippen LogP contribution in [0.5, 0.6) is 5.75 Å². The van der Waals surface area contributed by atoms with Gasteiger partial charge in [0.1, 0.15) is 5.75 Å². The predicted octanol–water partition coefficient (Wildman–Crippen LogP) is 4.93. The molecule has 0 saturated carbocycles. The van der Waals surface area contributed by atoms with Gasteiger partial charge < -0.3 is 14.6 Å². The molecule has 28 heavy (non-hydrogen) atoms. The van der Waals surface area contributed by atoms with Crippen LogP contribution in [-0.4, -0.2) is 26.4 Å². The van der Waals surface area contributed by atoms with E-state index in [0.717, 1.165) is 21.7 Å². The minimum absolute atomic E-state index is 0.0936. The van der Waals surface area contributed by atoms with Gasteiger partial charge in [-0.05, 0) is 44.2 Å². The molecule has 0 aliphatic rings. The number of para-hydroxylation sites is 1. The molecule has 2 aromatic carbocycles. The quantitative estimate of drug-likeness (QED) is 0.482. The number of rotatable bonds is 8. The average Bonchev–Trinajstić information content (AvgIpc) is 3.10. The fourth-order valence-electron chi connectivity index (χ4n) is 2.65. The minimum atomic E-state index is -0.250. The molecule has 1 unspecified atom stereocenters. The van der Waals surface area contributed by atoms with E-state index in [1.54, 1.807) is 0 Å². The van der Waals surface area contributed by atoms with E-state index in [2.05, 4.69) is 31.4 Å². The van der Waals surface area contributed by atoms with Crippen LogP contribution < -0.4 is 10.1 Å². The highest BCUT2D eigenvalue weighted by Crippen LogP contribution is 2.24. The molecule has 3 aromatic rings. The molecule has 0 fully saturated rings. The predicted molar refractivity (Wildman–Crippen MR) is 115 cm³/mol. The summed E-state index contributed by atoms with van der Waals surface area (Å²) in [5.74, 6) is 1.67. The molecule has 0 aliphatic carbocycles. The van der Waals surface area contributed by atoms with Gasteiger partial charge >= 0.3 is 0 Å². The SMILES string of the molecule is CCn1c(SCC(=O)Nc2cccc(Br)c2)nnc1C(C)Oc1ccccc1. The van der Waals surface area contributed by atoms with E-state index in [0.29, 0.717) is 11.7 Å². The number of aromatic nitrogens is 3. The molecule has 0 aliphatic heterocycles. The lowest BCUT2D eigenvalue weighted by atomic mass is 10.3. The zero-order chi connectivity index (χ0) is 19.9. The number of anilines is 1. The molecule has 1 N–H and O–H groups in total. The molecule has 1 atom stereocenters. The molecular formula is C20H21BrN4O2S. The van der Waals surface area contributed by atoms with E-state index >= 15 is 0 Å². The van der Waals surface area contributed by atoms with Crippen molar-refractivity contribution in [3.8, 4) is 5.75 Å². The van der Waals surface area contributed by atoms with Crippen molar-refractivity contribution in [3.05, 3.63) is 64.9 Å². The number of benzene rings is 2. The van der Waals surface area contributed by atoms with E-state index in [1.807, 2.05) is 73.0 Å². The molecule has 1 heterocycles. The van der Waals surface area contributed by atoms with E-state index in [4.69, 9.17) is 4.74 Å². The summed E-state index contributed by atoms with van der Waals surface area (Å²) in [7, 11) is 0. The first-order chi connectivity index (χ1) is 13.6. The van der Waals surface area contributed by atoms with E-state index in [1.165, 1.54) is 11.8 Å². The van der Waals surface area contributed by atoms with Gasteiger partial charge in [-0.1, -0.05) is 52.0 Å². The fourth-order valence-corrected chi connectivity index (χ4v) is 3.86. The smallest absolute Gasteiger partial charge is 0.234 e. The zero-order valence-corrected chi connectivity index (χ0v) is 18.0. The topological polar surface area (TPSA) is 69.0 Å². The van der Waals surface area contributed by atoms with E-state index in [-0.39, 0.29) is 17.8 Å². The molecule has 3 rings (SSSR count). The van der Waals surface area contributed by atoms with Crippen LogP contribution in [-0.2, 0) is 11.3 Å². The van der Waals surface area contributed by atoms with Crippen molar-refractivity contribution in [2.45, 2.75) is 31.7 Å². The Labute approximate surface area is 176 Å². The largest absolute Gasteiger partial charge is 0.483 e. The third kappa shape index (κ3) is 5.36. The summed E-state index contributed by atoms with van der Waals surface area (Å²) >= 11 is 4.75. The van der Waals surface area contributed by atoms with Crippen molar-refractivity contribution in [2.24, 2.45) is 0 Å². The second kappa shape index (κ2) is 9.75. The maximum atomic E-state index is 12.2. The van der Waals surface area contributed by atoms with Crippen LogP contribution in [0.25, 0.3) is 0 Å². The molecule has 1 aromatic heterocycles. The van der Waals surface area contributed by atoms with Gasteiger partial charge in [-0.2, -0.15) is 0 Å². The van der Waals surface area contributed by atoms with Crippen LogP contribution >= 0.6 is 27.7 Å². The summed E-state index contributed by atoms with van der Waals surface area (Å²) in [6.45, 7) is 4.66. The third-order valence-electron chi connectivity index (χ3n) is 3.92. The Balaban J connectivity index is 1.62. The number of nitrogens with zero attached hydrogens (tertiary/aromatic N) is 3. The Morgan fingerprint density at radius 2 is 2.00 bits per heavy atom. The van der Waals surface area contributed by atoms with Gasteiger partial charge in [-0.3, -0.25) is 4.79 Å². The van der Waals surface area contributed by atoms with E-state index < -0.39 is 0 Å². The van der Waals surface area contributed by atoms with Gasteiger partial charge in [0, 0.05) is 16.7 Å². The monoisotopic (exact) mass is 460 g/mol. The normalized spacial score (nSPS) is 11.8. The number of halogens is 1. The Morgan fingerprint density at radius 3 is 2.71 bits per heavy atom. The molecule has 146 valence electrons. The number of hydrogen-bond donors (Lipinski definition) is 1. The minimum Gasteiger partial charge on any atom is -0.483 e. The van der Waals surface area contributed by atoms with Crippen LogP contribution in [0.2, 0.25) is 0 Å². The number of ether oxygens (including phenoxy) is 1. The zero-order valence-electron chi connectivity index (χ0n) is 15.6. The molecule has 8 heteroatoms.